The van der Waals surface area contributed by atoms with Gasteiger partial charge in [-0.15, -0.1) is 0 Å². The summed E-state index contributed by atoms with van der Waals surface area (Å²) in [4.78, 5) is 11.7. The number of para-hydroxylation sites is 2. The van der Waals surface area contributed by atoms with E-state index in [-0.39, 0.29) is 11.2 Å². The van der Waals surface area contributed by atoms with Crippen LogP contribution in [0.4, 0.5) is 11.4 Å². The Bertz CT molecular complexity index is 599. The van der Waals surface area contributed by atoms with Crippen LogP contribution in [0.25, 0.3) is 0 Å². The quantitative estimate of drug-likeness (QED) is 0.835. The van der Waals surface area contributed by atoms with Gasteiger partial charge in [0, 0.05) is 4.47 Å². The Morgan fingerprint density at radius 1 is 0.941 bits per heavy atom. The zero-order valence-corrected chi connectivity index (χ0v) is 10.4. The van der Waals surface area contributed by atoms with Crippen molar-refractivity contribution in [1.82, 2.24) is 0 Å². The number of benzene rings is 1. The van der Waals surface area contributed by atoms with Crippen molar-refractivity contribution in [3.05, 3.63) is 63.2 Å². The minimum atomic E-state index is -0.140. The summed E-state index contributed by atoms with van der Waals surface area (Å²) >= 11 is 3.29. The molecule has 0 saturated heterocycles. The van der Waals surface area contributed by atoms with Crippen LogP contribution in [-0.4, -0.2) is 5.11 Å². The number of aromatic hydroxyl groups is 1. The Kier molecular flexibility index (Phi) is 3.44. The fourth-order valence-corrected chi connectivity index (χ4v) is 1.64. The third kappa shape index (κ3) is 2.85. The molecule has 4 heteroatoms. The maximum Gasteiger partial charge on any atom is 0.202 e. The number of hydrogen-bond donors (Lipinski definition) is 2. The van der Waals surface area contributed by atoms with E-state index in [1.807, 2.05) is 0 Å². The maximum absolute atomic E-state index is 11.7. The molecule has 2 aromatic rings. The number of anilines is 2. The van der Waals surface area contributed by atoms with Gasteiger partial charge < -0.3 is 10.4 Å². The number of phenolic OH excluding ortho intramolecular Hbond substituents is 1. The van der Waals surface area contributed by atoms with Crippen molar-refractivity contribution >= 4 is 27.3 Å². The van der Waals surface area contributed by atoms with Crippen molar-refractivity contribution < 1.29 is 5.11 Å². The summed E-state index contributed by atoms with van der Waals surface area (Å²) in [5.41, 5.74) is 0.781. The first kappa shape index (κ1) is 11.7. The summed E-state index contributed by atoms with van der Waals surface area (Å²) in [5.74, 6) is 0.109. The third-order valence-electron chi connectivity index (χ3n) is 2.24. The molecule has 2 aromatic carbocycles. The molecule has 0 radical (unpaired) electrons. The molecular weight excluding hydrogens is 282 g/mol. The molecule has 0 bridgehead atoms. The summed E-state index contributed by atoms with van der Waals surface area (Å²) in [6.07, 6.45) is 0. The zero-order valence-electron chi connectivity index (χ0n) is 8.85. The summed E-state index contributed by atoms with van der Waals surface area (Å²) in [5, 5.41) is 12.5. The molecule has 2 N–H and O–H groups in total. The summed E-state index contributed by atoms with van der Waals surface area (Å²) in [6.45, 7) is 0. The van der Waals surface area contributed by atoms with Crippen LogP contribution >= 0.6 is 15.9 Å². The van der Waals surface area contributed by atoms with E-state index in [9.17, 15) is 9.90 Å². The first-order valence-corrected chi connectivity index (χ1v) is 5.81. The molecule has 0 amide bonds. The lowest BCUT2D eigenvalue weighted by Crippen LogP contribution is -2.03. The molecule has 0 saturated carbocycles. The third-order valence-corrected chi connectivity index (χ3v) is 2.77. The second-order valence-corrected chi connectivity index (χ2v) is 4.39. The van der Waals surface area contributed by atoms with E-state index in [4.69, 9.17) is 0 Å². The van der Waals surface area contributed by atoms with Crippen molar-refractivity contribution in [3.8, 4) is 5.75 Å². The lowest BCUT2D eigenvalue weighted by atomic mass is 10.3. The molecule has 2 rings (SSSR count). The molecule has 0 atom stereocenters. The van der Waals surface area contributed by atoms with Crippen molar-refractivity contribution in [1.29, 1.82) is 0 Å². The molecule has 0 aliphatic rings. The van der Waals surface area contributed by atoms with Crippen molar-refractivity contribution in [3.63, 3.8) is 0 Å². The van der Waals surface area contributed by atoms with Crippen LogP contribution in [0.15, 0.2) is 57.8 Å². The minimum absolute atomic E-state index is 0.109. The highest BCUT2D eigenvalue weighted by Gasteiger charge is 2.02. The molecular formula is C13H10BrNO2. The zero-order chi connectivity index (χ0) is 12.3. The topological polar surface area (TPSA) is 49.3 Å². The van der Waals surface area contributed by atoms with Crippen LogP contribution < -0.4 is 10.7 Å². The van der Waals surface area contributed by atoms with Crippen LogP contribution in [0.1, 0.15) is 0 Å². The van der Waals surface area contributed by atoms with Gasteiger partial charge >= 0.3 is 0 Å². The molecule has 17 heavy (non-hydrogen) atoms. The van der Waals surface area contributed by atoms with Gasteiger partial charge in [-0.25, -0.2) is 0 Å². The second-order valence-electron chi connectivity index (χ2n) is 3.47. The second kappa shape index (κ2) is 5.01. The highest BCUT2D eigenvalue weighted by atomic mass is 79.9. The standard InChI is InChI=1S/C13H10BrNO2/c14-9-5-7-11(13(17)8-6-9)15-10-3-1-2-4-12(10)16/h1-8,16H,(H,15,17). The molecule has 0 aliphatic carbocycles. The number of phenols is 1. The van der Waals surface area contributed by atoms with E-state index in [0.717, 1.165) is 4.47 Å². The molecule has 0 unspecified atom stereocenters. The van der Waals surface area contributed by atoms with Crippen LogP contribution in [-0.2, 0) is 0 Å². The van der Waals surface area contributed by atoms with E-state index in [0.29, 0.717) is 11.4 Å². The van der Waals surface area contributed by atoms with Gasteiger partial charge in [-0.05, 0) is 36.4 Å². The van der Waals surface area contributed by atoms with Gasteiger partial charge in [0.25, 0.3) is 0 Å². The first-order chi connectivity index (χ1) is 8.16. The summed E-state index contributed by atoms with van der Waals surface area (Å²) < 4.78 is 0.819. The molecule has 0 aliphatic heterocycles. The van der Waals surface area contributed by atoms with E-state index >= 15 is 0 Å². The van der Waals surface area contributed by atoms with Crippen molar-refractivity contribution in [2.45, 2.75) is 0 Å². The van der Waals surface area contributed by atoms with Gasteiger partial charge in [0.05, 0.1) is 11.4 Å². The van der Waals surface area contributed by atoms with Gasteiger partial charge in [-0.1, -0.05) is 28.1 Å². The Morgan fingerprint density at radius 2 is 1.65 bits per heavy atom. The summed E-state index contributed by atoms with van der Waals surface area (Å²) in [7, 11) is 0. The predicted molar refractivity (Wildman–Crippen MR) is 71.8 cm³/mol. The van der Waals surface area contributed by atoms with Crippen molar-refractivity contribution in [2.24, 2.45) is 0 Å². The smallest absolute Gasteiger partial charge is 0.202 e. The Labute approximate surface area is 107 Å². The molecule has 0 spiro atoms. The fraction of sp³-hybridized carbons (Fsp3) is 0. The van der Waals surface area contributed by atoms with Gasteiger partial charge in [0.1, 0.15) is 5.75 Å². The number of nitrogens with one attached hydrogen (secondary N) is 1. The van der Waals surface area contributed by atoms with Crippen LogP contribution in [0, 0.1) is 0 Å². The lowest BCUT2D eigenvalue weighted by Gasteiger charge is -2.05. The number of hydrogen-bond acceptors (Lipinski definition) is 3. The Balaban J connectivity index is 2.41. The first-order valence-electron chi connectivity index (χ1n) is 5.02. The molecule has 3 nitrogen and oxygen atoms in total. The normalized spacial score (nSPS) is 9.94. The average Bonchev–Trinajstić information content (AvgIpc) is 2.47. The van der Waals surface area contributed by atoms with Crippen LogP contribution in [0.5, 0.6) is 5.75 Å². The fourth-order valence-electron chi connectivity index (χ4n) is 1.37. The SMILES string of the molecule is O=c1ccc(Br)ccc1Nc1ccccc1O. The molecule has 0 aromatic heterocycles. The highest BCUT2D eigenvalue weighted by Crippen LogP contribution is 2.24. The number of halogens is 1. The van der Waals surface area contributed by atoms with Crippen molar-refractivity contribution in [2.75, 3.05) is 5.32 Å². The maximum atomic E-state index is 11.7. The van der Waals surface area contributed by atoms with Crippen LogP contribution in [0.2, 0.25) is 0 Å². The molecule has 86 valence electrons. The van der Waals surface area contributed by atoms with Gasteiger partial charge in [0.15, 0.2) is 0 Å². The Morgan fingerprint density at radius 3 is 2.41 bits per heavy atom. The monoisotopic (exact) mass is 291 g/mol. The average molecular weight is 292 g/mol. The van der Waals surface area contributed by atoms with Gasteiger partial charge in [-0.3, -0.25) is 4.79 Å². The minimum Gasteiger partial charge on any atom is -0.506 e. The van der Waals surface area contributed by atoms with E-state index in [2.05, 4.69) is 21.2 Å². The predicted octanol–water partition coefficient (Wildman–Crippen LogP) is 3.26. The highest BCUT2D eigenvalue weighted by molar-refractivity contribution is 9.10. The van der Waals surface area contributed by atoms with Gasteiger partial charge in [-0.2, -0.15) is 0 Å². The number of rotatable bonds is 2. The van der Waals surface area contributed by atoms with E-state index in [1.165, 1.54) is 6.07 Å². The lowest BCUT2D eigenvalue weighted by molar-refractivity contribution is 0.478. The van der Waals surface area contributed by atoms with E-state index in [1.54, 1.807) is 42.5 Å². The molecule has 0 heterocycles. The summed E-state index contributed by atoms with van der Waals surface area (Å²) in [6, 6.07) is 13.3. The van der Waals surface area contributed by atoms with Crippen LogP contribution in [0.3, 0.4) is 0 Å². The molecule has 0 fully saturated rings. The van der Waals surface area contributed by atoms with Gasteiger partial charge in [0.2, 0.25) is 5.43 Å². The Hall–Kier alpha value is -1.81. The van der Waals surface area contributed by atoms with E-state index < -0.39 is 0 Å². The largest absolute Gasteiger partial charge is 0.506 e.